The van der Waals surface area contributed by atoms with Crippen LogP contribution in [0.4, 0.5) is 0 Å². The van der Waals surface area contributed by atoms with Crippen LogP contribution in [-0.2, 0) is 0 Å². The molecule has 0 fully saturated rings. The zero-order valence-corrected chi connectivity index (χ0v) is 14.3. The molecular formula is C16H11Br2NO2. The molecule has 106 valence electrons. The van der Waals surface area contributed by atoms with Crippen molar-refractivity contribution in [2.75, 3.05) is 7.11 Å². The maximum absolute atomic E-state index is 12.7. The summed E-state index contributed by atoms with van der Waals surface area (Å²) < 4.78 is 6.95. The van der Waals surface area contributed by atoms with Gasteiger partial charge in [0.15, 0.2) is 5.78 Å². The van der Waals surface area contributed by atoms with E-state index in [2.05, 4.69) is 36.8 Å². The highest BCUT2D eigenvalue weighted by atomic mass is 79.9. The van der Waals surface area contributed by atoms with Crippen LogP contribution < -0.4 is 4.74 Å². The Kier molecular flexibility index (Phi) is 3.87. The average molecular weight is 409 g/mol. The number of aromatic amines is 1. The number of H-pyrrole nitrogens is 1. The third-order valence-electron chi connectivity index (χ3n) is 3.26. The van der Waals surface area contributed by atoms with E-state index in [9.17, 15) is 4.79 Å². The quantitative estimate of drug-likeness (QED) is 0.624. The van der Waals surface area contributed by atoms with Crippen LogP contribution in [-0.4, -0.2) is 17.9 Å². The van der Waals surface area contributed by atoms with Crippen LogP contribution in [0.3, 0.4) is 0 Å². The predicted octanol–water partition coefficient (Wildman–Crippen LogP) is 4.93. The van der Waals surface area contributed by atoms with Crippen molar-refractivity contribution in [1.29, 1.82) is 0 Å². The molecule has 0 atom stereocenters. The van der Waals surface area contributed by atoms with E-state index in [0.29, 0.717) is 11.1 Å². The van der Waals surface area contributed by atoms with Gasteiger partial charge in [0, 0.05) is 37.2 Å². The Bertz CT molecular complexity index is 819. The fourth-order valence-corrected chi connectivity index (χ4v) is 3.55. The van der Waals surface area contributed by atoms with Crippen molar-refractivity contribution < 1.29 is 9.53 Å². The second kappa shape index (κ2) is 5.66. The molecule has 0 aliphatic heterocycles. The number of ether oxygens (including phenoxy) is 1. The molecule has 0 bridgehead atoms. The molecule has 0 saturated heterocycles. The molecule has 0 radical (unpaired) electrons. The first-order valence-electron chi connectivity index (χ1n) is 6.24. The van der Waals surface area contributed by atoms with Crippen molar-refractivity contribution >= 4 is 48.5 Å². The molecule has 1 N–H and O–H groups in total. The standard InChI is InChI=1S/C16H11Br2NO2/c1-21-12-2-3-15-13(7-12)14(8-19-15)16(20)9-4-10(17)6-11(18)5-9/h2-8,19H,1H3. The summed E-state index contributed by atoms with van der Waals surface area (Å²) in [6.45, 7) is 0. The lowest BCUT2D eigenvalue weighted by molar-refractivity contribution is 0.104. The van der Waals surface area contributed by atoms with E-state index >= 15 is 0 Å². The monoisotopic (exact) mass is 407 g/mol. The highest BCUT2D eigenvalue weighted by Gasteiger charge is 2.15. The number of carbonyl (C=O) groups is 1. The van der Waals surface area contributed by atoms with E-state index in [-0.39, 0.29) is 5.78 Å². The Labute approximate surface area is 138 Å². The topological polar surface area (TPSA) is 42.1 Å². The molecule has 0 aliphatic carbocycles. The molecule has 5 heteroatoms. The lowest BCUT2D eigenvalue weighted by atomic mass is 10.0. The van der Waals surface area contributed by atoms with Crippen molar-refractivity contribution in [2.45, 2.75) is 0 Å². The summed E-state index contributed by atoms with van der Waals surface area (Å²) in [5.41, 5.74) is 2.17. The van der Waals surface area contributed by atoms with Crippen LogP contribution in [0, 0.1) is 0 Å². The molecule has 1 heterocycles. The summed E-state index contributed by atoms with van der Waals surface area (Å²) in [5.74, 6) is 0.697. The molecule has 2 aromatic carbocycles. The van der Waals surface area contributed by atoms with Crippen molar-refractivity contribution in [3.8, 4) is 5.75 Å². The van der Waals surface area contributed by atoms with Crippen molar-refractivity contribution in [1.82, 2.24) is 4.98 Å². The number of fused-ring (bicyclic) bond motifs is 1. The van der Waals surface area contributed by atoms with E-state index in [1.807, 2.05) is 36.4 Å². The van der Waals surface area contributed by atoms with E-state index < -0.39 is 0 Å². The number of halogens is 2. The van der Waals surface area contributed by atoms with Crippen molar-refractivity contribution in [3.63, 3.8) is 0 Å². The summed E-state index contributed by atoms with van der Waals surface area (Å²) in [5, 5.41) is 0.857. The number of benzene rings is 2. The fourth-order valence-electron chi connectivity index (χ4n) is 2.25. The van der Waals surface area contributed by atoms with Gasteiger partial charge in [-0.3, -0.25) is 4.79 Å². The number of hydrogen-bond donors (Lipinski definition) is 1. The minimum Gasteiger partial charge on any atom is -0.497 e. The molecule has 1 aromatic heterocycles. The normalized spacial score (nSPS) is 10.8. The van der Waals surface area contributed by atoms with Gasteiger partial charge >= 0.3 is 0 Å². The van der Waals surface area contributed by atoms with Gasteiger partial charge in [-0.05, 0) is 36.4 Å². The second-order valence-corrected chi connectivity index (χ2v) is 6.43. The average Bonchev–Trinajstić information content (AvgIpc) is 2.88. The number of carbonyl (C=O) groups excluding carboxylic acids is 1. The number of nitrogens with one attached hydrogen (secondary N) is 1. The highest BCUT2D eigenvalue weighted by molar-refractivity contribution is 9.11. The SMILES string of the molecule is COc1ccc2[nH]cc(C(=O)c3cc(Br)cc(Br)c3)c2c1. The van der Waals surface area contributed by atoms with Crippen LogP contribution in [0.1, 0.15) is 15.9 Å². The number of methoxy groups -OCH3 is 1. The summed E-state index contributed by atoms with van der Waals surface area (Å²) in [7, 11) is 1.61. The number of hydrogen-bond acceptors (Lipinski definition) is 2. The molecular weight excluding hydrogens is 398 g/mol. The van der Waals surface area contributed by atoms with Crippen molar-refractivity contribution in [3.05, 3.63) is 62.7 Å². The molecule has 0 aliphatic rings. The first-order chi connectivity index (χ1) is 10.1. The van der Waals surface area contributed by atoms with E-state index in [1.54, 1.807) is 13.3 Å². The molecule has 3 nitrogen and oxygen atoms in total. The Morgan fingerprint density at radius 2 is 1.81 bits per heavy atom. The molecule has 0 amide bonds. The molecule has 0 saturated carbocycles. The minimum absolute atomic E-state index is 0.0310. The van der Waals surface area contributed by atoms with Crippen LogP contribution in [0.15, 0.2) is 51.5 Å². The van der Waals surface area contributed by atoms with E-state index in [4.69, 9.17) is 4.74 Å². The molecule has 3 rings (SSSR count). The maximum Gasteiger partial charge on any atom is 0.195 e. The number of ketones is 1. The Morgan fingerprint density at radius 3 is 2.48 bits per heavy atom. The summed E-state index contributed by atoms with van der Waals surface area (Å²) in [6, 6.07) is 11.2. The fraction of sp³-hybridized carbons (Fsp3) is 0.0625. The van der Waals surface area contributed by atoms with Crippen LogP contribution in [0.25, 0.3) is 10.9 Å². The van der Waals surface area contributed by atoms with Crippen LogP contribution in [0.5, 0.6) is 5.75 Å². The van der Waals surface area contributed by atoms with Crippen LogP contribution >= 0.6 is 31.9 Å². The Morgan fingerprint density at radius 1 is 1.10 bits per heavy atom. The number of aromatic nitrogens is 1. The molecule has 0 unspecified atom stereocenters. The first kappa shape index (κ1) is 14.4. The largest absolute Gasteiger partial charge is 0.497 e. The summed E-state index contributed by atoms with van der Waals surface area (Å²) in [6.07, 6.45) is 1.74. The zero-order chi connectivity index (χ0) is 15.0. The number of rotatable bonds is 3. The molecule has 0 spiro atoms. The highest BCUT2D eigenvalue weighted by Crippen LogP contribution is 2.27. The van der Waals surface area contributed by atoms with Gasteiger partial charge in [-0.2, -0.15) is 0 Å². The maximum atomic E-state index is 12.7. The third kappa shape index (κ3) is 2.76. The first-order valence-corrected chi connectivity index (χ1v) is 7.83. The second-order valence-electron chi connectivity index (χ2n) is 4.60. The van der Waals surface area contributed by atoms with Gasteiger partial charge in [-0.1, -0.05) is 31.9 Å². The minimum atomic E-state index is -0.0310. The molecule has 21 heavy (non-hydrogen) atoms. The van der Waals surface area contributed by atoms with Gasteiger partial charge in [0.1, 0.15) is 5.75 Å². The van der Waals surface area contributed by atoms with Crippen LogP contribution in [0.2, 0.25) is 0 Å². The summed E-state index contributed by atoms with van der Waals surface area (Å²) >= 11 is 6.81. The zero-order valence-electron chi connectivity index (χ0n) is 11.1. The Hall–Kier alpha value is -1.59. The predicted molar refractivity (Wildman–Crippen MR) is 90.1 cm³/mol. The van der Waals surface area contributed by atoms with Gasteiger partial charge in [0.2, 0.25) is 0 Å². The van der Waals surface area contributed by atoms with Gasteiger partial charge < -0.3 is 9.72 Å². The van der Waals surface area contributed by atoms with E-state index in [0.717, 1.165) is 25.6 Å². The smallest absolute Gasteiger partial charge is 0.195 e. The van der Waals surface area contributed by atoms with Gasteiger partial charge in [0.25, 0.3) is 0 Å². The lowest BCUT2D eigenvalue weighted by Gasteiger charge is -2.03. The van der Waals surface area contributed by atoms with Crippen molar-refractivity contribution in [2.24, 2.45) is 0 Å². The van der Waals surface area contributed by atoms with E-state index in [1.165, 1.54) is 0 Å². The molecule has 3 aromatic rings. The van der Waals surface area contributed by atoms with Gasteiger partial charge in [-0.15, -0.1) is 0 Å². The third-order valence-corrected chi connectivity index (χ3v) is 4.17. The van der Waals surface area contributed by atoms with Gasteiger partial charge in [0.05, 0.1) is 7.11 Å². The lowest BCUT2D eigenvalue weighted by Crippen LogP contribution is -2.00. The van der Waals surface area contributed by atoms with Gasteiger partial charge in [-0.25, -0.2) is 0 Å². The Balaban J connectivity index is 2.13. The summed E-state index contributed by atoms with van der Waals surface area (Å²) in [4.78, 5) is 15.8.